The van der Waals surface area contributed by atoms with Gasteiger partial charge < -0.3 is 9.16 Å². The van der Waals surface area contributed by atoms with Crippen molar-refractivity contribution in [2.75, 3.05) is 13.2 Å². The molecule has 1 fully saturated rings. The van der Waals surface area contributed by atoms with Crippen molar-refractivity contribution in [3.63, 3.8) is 0 Å². The summed E-state index contributed by atoms with van der Waals surface area (Å²) in [6.07, 6.45) is 7.18. The van der Waals surface area contributed by atoms with Crippen LogP contribution in [0.2, 0.25) is 16.6 Å². The van der Waals surface area contributed by atoms with Gasteiger partial charge in [-0.15, -0.1) is 0 Å². The van der Waals surface area contributed by atoms with Crippen molar-refractivity contribution in [1.82, 2.24) is 4.90 Å². The molecular weight excluding hydrogens is 418 g/mol. The van der Waals surface area contributed by atoms with Crippen LogP contribution in [0.3, 0.4) is 0 Å². The molecular formula is C26H45NO4Si. The van der Waals surface area contributed by atoms with Crippen molar-refractivity contribution in [3.8, 4) is 0 Å². The van der Waals surface area contributed by atoms with E-state index in [4.69, 9.17) is 9.16 Å². The Morgan fingerprint density at radius 1 is 1.22 bits per heavy atom. The predicted molar refractivity (Wildman–Crippen MR) is 133 cm³/mol. The summed E-state index contributed by atoms with van der Waals surface area (Å²) in [4.78, 5) is 26.8. The van der Waals surface area contributed by atoms with Gasteiger partial charge in [-0.25, -0.2) is 9.69 Å². The molecule has 0 unspecified atom stereocenters. The fourth-order valence-electron chi connectivity index (χ4n) is 5.92. The summed E-state index contributed by atoms with van der Waals surface area (Å²) in [5.41, 5.74) is 2.42. The van der Waals surface area contributed by atoms with E-state index in [0.29, 0.717) is 36.2 Å². The number of hydrogen-bond acceptors (Lipinski definition) is 4. The molecule has 2 amide bonds. The van der Waals surface area contributed by atoms with Crippen molar-refractivity contribution >= 4 is 20.3 Å². The second-order valence-electron chi connectivity index (χ2n) is 11.1. The summed E-state index contributed by atoms with van der Waals surface area (Å²) < 4.78 is 12.1. The molecule has 32 heavy (non-hydrogen) atoms. The third-order valence-corrected chi connectivity index (χ3v) is 13.6. The molecule has 1 aliphatic carbocycles. The van der Waals surface area contributed by atoms with Crippen LogP contribution in [0.15, 0.2) is 23.5 Å². The Balaban J connectivity index is 2.40. The van der Waals surface area contributed by atoms with Gasteiger partial charge >= 0.3 is 6.09 Å². The average Bonchev–Trinajstić information content (AvgIpc) is 3.10. The molecule has 1 aliphatic heterocycles. The smallest absolute Gasteiger partial charge is 0.416 e. The first-order valence-corrected chi connectivity index (χ1v) is 14.5. The highest BCUT2D eigenvalue weighted by atomic mass is 28.4. The third-order valence-electron chi connectivity index (χ3n) is 7.54. The van der Waals surface area contributed by atoms with Gasteiger partial charge in [0, 0.05) is 17.8 Å². The van der Waals surface area contributed by atoms with Crippen LogP contribution in [0.25, 0.3) is 0 Å². The van der Waals surface area contributed by atoms with Gasteiger partial charge in [-0.1, -0.05) is 60.1 Å². The minimum atomic E-state index is -2.06. The van der Waals surface area contributed by atoms with E-state index in [0.717, 1.165) is 25.0 Å². The zero-order valence-corrected chi connectivity index (χ0v) is 22.8. The van der Waals surface area contributed by atoms with Crippen molar-refractivity contribution < 1.29 is 18.8 Å². The lowest BCUT2D eigenvalue weighted by Gasteiger charge is -2.46. The second kappa shape index (κ2) is 10.6. The first-order chi connectivity index (χ1) is 14.8. The predicted octanol–water partition coefficient (Wildman–Crippen LogP) is 7.20. The Bertz CT molecular complexity index is 729. The molecule has 0 aromatic rings. The lowest BCUT2D eigenvalue weighted by molar-refractivity contribution is -0.136. The molecule has 0 aromatic heterocycles. The maximum absolute atomic E-state index is 13.4. The van der Waals surface area contributed by atoms with Crippen molar-refractivity contribution in [1.29, 1.82) is 0 Å². The Morgan fingerprint density at radius 3 is 2.28 bits per heavy atom. The maximum atomic E-state index is 13.4. The van der Waals surface area contributed by atoms with E-state index in [9.17, 15) is 9.59 Å². The first kappa shape index (κ1) is 26.7. The molecule has 2 rings (SSSR count). The zero-order chi connectivity index (χ0) is 24.3. The van der Waals surface area contributed by atoms with E-state index in [-0.39, 0.29) is 17.2 Å². The molecule has 0 N–H and O–H groups in total. The molecule has 5 nitrogen and oxygen atoms in total. The molecule has 182 valence electrons. The van der Waals surface area contributed by atoms with Crippen LogP contribution in [0.5, 0.6) is 0 Å². The summed E-state index contributed by atoms with van der Waals surface area (Å²) in [5, 5.41) is 0. The quantitative estimate of drug-likeness (QED) is 0.268. The largest absolute Gasteiger partial charge is 0.546 e. The van der Waals surface area contributed by atoms with Crippen molar-refractivity contribution in [3.05, 3.63) is 23.5 Å². The fraction of sp³-hybridized carbons (Fsp3) is 0.769. The molecule has 1 heterocycles. The number of imide groups is 1. The Kier molecular flexibility index (Phi) is 8.82. The lowest BCUT2D eigenvalue weighted by atomic mass is 9.67. The highest BCUT2D eigenvalue weighted by Gasteiger charge is 2.49. The molecule has 0 radical (unpaired) electrons. The summed E-state index contributed by atoms with van der Waals surface area (Å²) in [6, 6.07) is 0. The van der Waals surface area contributed by atoms with E-state index in [2.05, 4.69) is 74.5 Å². The Hall–Kier alpha value is -1.56. The summed E-state index contributed by atoms with van der Waals surface area (Å²) in [5.74, 6) is 0.724. The van der Waals surface area contributed by atoms with Gasteiger partial charge in [0.05, 0.1) is 12.3 Å². The van der Waals surface area contributed by atoms with Gasteiger partial charge in [0.1, 0.15) is 6.61 Å². The van der Waals surface area contributed by atoms with Crippen LogP contribution in [0, 0.1) is 11.3 Å². The molecule has 0 saturated carbocycles. The number of ether oxygens (including phenoxy) is 1. The van der Waals surface area contributed by atoms with E-state index in [1.165, 1.54) is 10.5 Å². The van der Waals surface area contributed by atoms with Gasteiger partial charge in [-0.2, -0.15) is 0 Å². The molecule has 1 saturated heterocycles. The number of cyclic esters (lactones) is 1. The number of allylic oxidation sites excluding steroid dienone is 4. The van der Waals surface area contributed by atoms with Crippen LogP contribution in [0.4, 0.5) is 4.79 Å². The lowest BCUT2D eigenvalue weighted by Crippen LogP contribution is -2.49. The highest BCUT2D eigenvalue weighted by molar-refractivity contribution is 6.77. The summed E-state index contributed by atoms with van der Waals surface area (Å²) in [7, 11) is -2.06. The number of amides is 2. The molecule has 0 bridgehead atoms. The number of nitrogens with zero attached hydrogens (tertiary/aromatic N) is 1. The summed E-state index contributed by atoms with van der Waals surface area (Å²) in [6.45, 7) is 20.8. The Morgan fingerprint density at radius 2 is 1.81 bits per heavy atom. The first-order valence-electron chi connectivity index (χ1n) is 12.4. The van der Waals surface area contributed by atoms with Crippen LogP contribution < -0.4 is 0 Å². The maximum Gasteiger partial charge on any atom is 0.416 e. The number of carbonyl (C=O) groups is 2. The summed E-state index contributed by atoms with van der Waals surface area (Å²) >= 11 is 0. The minimum Gasteiger partial charge on any atom is -0.546 e. The minimum absolute atomic E-state index is 0.0948. The van der Waals surface area contributed by atoms with Gasteiger partial charge in [-0.3, -0.25) is 4.79 Å². The average molecular weight is 464 g/mol. The monoisotopic (exact) mass is 463 g/mol. The molecule has 0 spiro atoms. The van der Waals surface area contributed by atoms with Crippen molar-refractivity contribution in [2.24, 2.45) is 11.3 Å². The van der Waals surface area contributed by atoms with E-state index in [1.54, 1.807) is 0 Å². The standard InChI is InChI=1S/C26H45NO4Si/c1-18(2)11-10-14-26(9)17-22(31-32(19(3)4,20(5)6)21(7)8)12-13-23(26)24(28)27-15-16-30-25(27)29/h11,17,19-21,23H,10,12-16H2,1-9H3/t23-,26-/m0/s1. The fourth-order valence-corrected chi connectivity index (χ4v) is 11.2. The van der Waals surface area contributed by atoms with Crippen LogP contribution >= 0.6 is 0 Å². The van der Waals surface area contributed by atoms with Crippen LogP contribution in [0.1, 0.15) is 88.0 Å². The number of hydrogen-bond donors (Lipinski definition) is 0. The van der Waals surface area contributed by atoms with Gasteiger partial charge in [0.2, 0.25) is 5.91 Å². The highest BCUT2D eigenvalue weighted by Crippen LogP contribution is 2.49. The van der Waals surface area contributed by atoms with Gasteiger partial charge in [0.25, 0.3) is 8.32 Å². The van der Waals surface area contributed by atoms with E-state index < -0.39 is 14.4 Å². The van der Waals surface area contributed by atoms with Gasteiger partial charge in [0.15, 0.2) is 0 Å². The van der Waals surface area contributed by atoms with Gasteiger partial charge in [-0.05, 0) is 55.8 Å². The van der Waals surface area contributed by atoms with Crippen LogP contribution in [-0.2, 0) is 14.0 Å². The Labute approximate surface area is 196 Å². The zero-order valence-electron chi connectivity index (χ0n) is 21.8. The van der Waals surface area contributed by atoms with Crippen molar-refractivity contribution in [2.45, 2.75) is 105 Å². The van der Waals surface area contributed by atoms with Crippen LogP contribution in [-0.4, -0.2) is 38.4 Å². The third kappa shape index (κ3) is 5.49. The molecule has 2 atom stereocenters. The SMILES string of the molecule is CC(C)=CCC[C@@]1(C)C=C(O[Si](C(C)C)(C(C)C)C(C)C)CC[C@H]1C(=O)N1CCOC1=O. The normalized spacial score (nSPS) is 24.1. The molecule has 2 aliphatic rings. The van der Waals surface area contributed by atoms with E-state index >= 15 is 0 Å². The van der Waals surface area contributed by atoms with E-state index in [1.807, 2.05) is 0 Å². The number of carbonyl (C=O) groups excluding carboxylic acids is 2. The second-order valence-corrected chi connectivity index (χ2v) is 16.4. The molecule has 6 heteroatoms. The number of rotatable bonds is 9. The topological polar surface area (TPSA) is 55.8 Å². The molecule has 0 aromatic carbocycles.